The van der Waals surface area contributed by atoms with Gasteiger partial charge in [-0.25, -0.2) is 14.8 Å². The Balaban J connectivity index is 2.03. The van der Waals surface area contributed by atoms with Gasteiger partial charge in [0.05, 0.1) is 12.7 Å². The maximum atomic E-state index is 11.9. The van der Waals surface area contributed by atoms with Crippen LogP contribution in [0, 0.1) is 6.92 Å². The lowest BCUT2D eigenvalue weighted by Gasteiger charge is -2.10. The zero-order chi connectivity index (χ0) is 16.9. The van der Waals surface area contributed by atoms with E-state index in [9.17, 15) is 4.79 Å². The van der Waals surface area contributed by atoms with Crippen LogP contribution in [0.15, 0.2) is 60.9 Å². The van der Waals surface area contributed by atoms with E-state index in [4.69, 9.17) is 9.47 Å². The van der Waals surface area contributed by atoms with Crippen molar-refractivity contribution < 1.29 is 14.3 Å². The highest BCUT2D eigenvalue weighted by atomic mass is 16.5. The summed E-state index contributed by atoms with van der Waals surface area (Å²) >= 11 is 0. The number of ether oxygens (including phenoxy) is 2. The van der Waals surface area contributed by atoms with Crippen LogP contribution in [0.2, 0.25) is 0 Å². The Morgan fingerprint density at radius 1 is 0.958 bits per heavy atom. The van der Waals surface area contributed by atoms with Gasteiger partial charge < -0.3 is 9.47 Å². The Morgan fingerprint density at radius 3 is 2.33 bits per heavy atom. The summed E-state index contributed by atoms with van der Waals surface area (Å²) in [5.74, 6) is 0.0440. The molecule has 0 spiro atoms. The normalized spacial score (nSPS) is 10.2. The van der Waals surface area contributed by atoms with Gasteiger partial charge in [0.15, 0.2) is 0 Å². The van der Waals surface area contributed by atoms with Crippen LogP contribution in [-0.2, 0) is 4.74 Å². The number of hydrogen-bond acceptors (Lipinski definition) is 5. The molecule has 120 valence electrons. The fourth-order valence-electron chi connectivity index (χ4n) is 2.25. The maximum absolute atomic E-state index is 11.9. The summed E-state index contributed by atoms with van der Waals surface area (Å²) in [4.78, 5) is 20.0. The predicted molar refractivity (Wildman–Crippen MR) is 90.1 cm³/mol. The van der Waals surface area contributed by atoms with Gasteiger partial charge in [0.1, 0.15) is 5.75 Å². The van der Waals surface area contributed by atoms with E-state index in [0.29, 0.717) is 11.3 Å². The fourth-order valence-corrected chi connectivity index (χ4v) is 2.25. The molecule has 0 aliphatic rings. The van der Waals surface area contributed by atoms with E-state index in [-0.39, 0.29) is 6.01 Å². The highest BCUT2D eigenvalue weighted by Gasteiger charge is 2.12. The molecule has 0 amide bonds. The molecule has 0 aliphatic heterocycles. The van der Waals surface area contributed by atoms with Gasteiger partial charge in [-0.15, -0.1) is 0 Å². The van der Waals surface area contributed by atoms with Gasteiger partial charge >= 0.3 is 12.0 Å². The Hall–Kier alpha value is -3.21. The lowest BCUT2D eigenvalue weighted by atomic mass is 10.0. The molecule has 0 saturated carbocycles. The Bertz CT molecular complexity index is 846. The summed E-state index contributed by atoms with van der Waals surface area (Å²) in [6.07, 6.45) is 3.18. The number of carbonyl (C=O) groups is 1. The number of rotatable bonds is 4. The standard InChI is InChI=1S/C19H16N2O3/c1-13-4-6-14(7-5-13)15-10-16(18(22)23-2)12-17(11-15)24-19-20-8-3-9-21-19/h3-12H,1-2H3. The highest BCUT2D eigenvalue weighted by Crippen LogP contribution is 2.28. The van der Waals surface area contributed by atoms with Crippen molar-refractivity contribution in [3.05, 3.63) is 72.1 Å². The Morgan fingerprint density at radius 2 is 1.67 bits per heavy atom. The van der Waals surface area contributed by atoms with Gasteiger partial charge in [-0.1, -0.05) is 29.8 Å². The van der Waals surface area contributed by atoms with E-state index < -0.39 is 5.97 Å². The SMILES string of the molecule is COC(=O)c1cc(Oc2ncccn2)cc(-c2ccc(C)cc2)c1. The van der Waals surface area contributed by atoms with Crippen LogP contribution >= 0.6 is 0 Å². The Kier molecular flexibility index (Phi) is 4.52. The molecule has 1 heterocycles. The van der Waals surface area contributed by atoms with Crippen LogP contribution in [-0.4, -0.2) is 23.0 Å². The molecule has 0 bridgehead atoms. The molecular weight excluding hydrogens is 304 g/mol. The number of benzene rings is 2. The summed E-state index contributed by atoms with van der Waals surface area (Å²) < 4.78 is 10.5. The summed E-state index contributed by atoms with van der Waals surface area (Å²) in [5, 5.41) is 0. The number of aromatic nitrogens is 2. The third-order valence-electron chi connectivity index (χ3n) is 3.46. The van der Waals surface area contributed by atoms with Crippen molar-refractivity contribution in [2.24, 2.45) is 0 Å². The second-order valence-corrected chi connectivity index (χ2v) is 5.24. The quantitative estimate of drug-likeness (QED) is 0.679. The molecule has 3 rings (SSSR count). The third-order valence-corrected chi connectivity index (χ3v) is 3.46. The molecular formula is C19H16N2O3. The summed E-state index contributed by atoms with van der Waals surface area (Å²) in [5.41, 5.74) is 3.40. The Labute approximate surface area is 139 Å². The molecule has 2 aromatic carbocycles. The van der Waals surface area contributed by atoms with Crippen LogP contribution in [0.3, 0.4) is 0 Å². The van der Waals surface area contributed by atoms with E-state index in [1.54, 1.807) is 30.6 Å². The molecule has 0 radical (unpaired) electrons. The van der Waals surface area contributed by atoms with Crippen molar-refractivity contribution >= 4 is 5.97 Å². The number of hydrogen-bond donors (Lipinski definition) is 0. The number of aryl methyl sites for hydroxylation is 1. The van der Waals surface area contributed by atoms with Crippen LogP contribution in [0.4, 0.5) is 0 Å². The minimum absolute atomic E-state index is 0.217. The zero-order valence-electron chi connectivity index (χ0n) is 13.4. The van der Waals surface area contributed by atoms with E-state index >= 15 is 0 Å². The van der Waals surface area contributed by atoms with E-state index in [1.165, 1.54) is 7.11 Å². The molecule has 1 aromatic heterocycles. The lowest BCUT2D eigenvalue weighted by molar-refractivity contribution is 0.0600. The van der Waals surface area contributed by atoms with E-state index in [2.05, 4.69) is 9.97 Å². The molecule has 0 saturated heterocycles. The first kappa shape index (κ1) is 15.7. The number of carbonyl (C=O) groups excluding carboxylic acids is 1. The molecule has 0 unspecified atom stereocenters. The molecule has 0 aliphatic carbocycles. The monoisotopic (exact) mass is 320 g/mol. The lowest BCUT2D eigenvalue weighted by Crippen LogP contribution is -2.02. The molecule has 0 N–H and O–H groups in total. The highest BCUT2D eigenvalue weighted by molar-refractivity contribution is 5.91. The van der Waals surface area contributed by atoms with Crippen LogP contribution in [0.5, 0.6) is 11.8 Å². The minimum atomic E-state index is -0.428. The van der Waals surface area contributed by atoms with Crippen molar-refractivity contribution in [2.45, 2.75) is 6.92 Å². The minimum Gasteiger partial charge on any atom is -0.465 e. The largest absolute Gasteiger partial charge is 0.465 e. The summed E-state index contributed by atoms with van der Waals surface area (Å²) in [6.45, 7) is 2.02. The van der Waals surface area contributed by atoms with Gasteiger partial charge in [0.25, 0.3) is 0 Å². The van der Waals surface area contributed by atoms with E-state index in [1.807, 2.05) is 37.3 Å². The maximum Gasteiger partial charge on any atom is 0.338 e. The number of methoxy groups -OCH3 is 1. The first-order chi connectivity index (χ1) is 11.7. The molecule has 0 atom stereocenters. The fraction of sp³-hybridized carbons (Fsp3) is 0.105. The molecule has 3 aromatic rings. The average Bonchev–Trinajstić information content (AvgIpc) is 2.62. The van der Waals surface area contributed by atoms with Crippen LogP contribution in [0.1, 0.15) is 15.9 Å². The van der Waals surface area contributed by atoms with Crippen molar-refractivity contribution in [3.8, 4) is 22.9 Å². The number of esters is 1. The first-order valence-corrected chi connectivity index (χ1v) is 7.41. The van der Waals surface area contributed by atoms with Gasteiger partial charge in [-0.05, 0) is 42.3 Å². The number of nitrogens with zero attached hydrogens (tertiary/aromatic N) is 2. The van der Waals surface area contributed by atoms with Gasteiger partial charge in [0.2, 0.25) is 0 Å². The van der Waals surface area contributed by atoms with Crippen molar-refractivity contribution in [3.63, 3.8) is 0 Å². The van der Waals surface area contributed by atoms with Crippen molar-refractivity contribution in [1.82, 2.24) is 9.97 Å². The second kappa shape index (κ2) is 6.91. The van der Waals surface area contributed by atoms with Gasteiger partial charge in [-0.2, -0.15) is 0 Å². The summed E-state index contributed by atoms with van der Waals surface area (Å²) in [7, 11) is 1.35. The first-order valence-electron chi connectivity index (χ1n) is 7.41. The smallest absolute Gasteiger partial charge is 0.338 e. The second-order valence-electron chi connectivity index (χ2n) is 5.24. The van der Waals surface area contributed by atoms with Crippen LogP contribution < -0.4 is 4.74 Å². The van der Waals surface area contributed by atoms with E-state index in [0.717, 1.165) is 16.7 Å². The van der Waals surface area contributed by atoms with Crippen molar-refractivity contribution in [1.29, 1.82) is 0 Å². The molecule has 5 heteroatoms. The third kappa shape index (κ3) is 3.57. The molecule has 24 heavy (non-hydrogen) atoms. The molecule has 5 nitrogen and oxygen atoms in total. The van der Waals surface area contributed by atoms with Gasteiger partial charge in [-0.3, -0.25) is 0 Å². The van der Waals surface area contributed by atoms with Gasteiger partial charge in [0, 0.05) is 12.4 Å². The summed E-state index contributed by atoms with van der Waals surface area (Å²) in [6, 6.07) is 15.2. The predicted octanol–water partition coefficient (Wildman–Crippen LogP) is 4.03. The average molecular weight is 320 g/mol. The van der Waals surface area contributed by atoms with Crippen molar-refractivity contribution in [2.75, 3.05) is 7.11 Å². The topological polar surface area (TPSA) is 61.3 Å². The zero-order valence-corrected chi connectivity index (χ0v) is 13.4. The molecule has 0 fully saturated rings. The van der Waals surface area contributed by atoms with Crippen LogP contribution in [0.25, 0.3) is 11.1 Å².